The van der Waals surface area contributed by atoms with Gasteiger partial charge in [-0.2, -0.15) is 0 Å². The van der Waals surface area contributed by atoms with Gasteiger partial charge in [0, 0.05) is 6.54 Å². The highest BCUT2D eigenvalue weighted by Crippen LogP contribution is 2.28. The number of esters is 1. The van der Waals surface area contributed by atoms with E-state index >= 15 is 0 Å². The molecule has 0 heterocycles. The number of nitrogens with one attached hydrogen (secondary N) is 1. The van der Waals surface area contributed by atoms with Crippen LogP contribution in [0.3, 0.4) is 0 Å². The normalized spacial score (nSPS) is 17.9. The summed E-state index contributed by atoms with van der Waals surface area (Å²) in [6, 6.07) is 0. The van der Waals surface area contributed by atoms with E-state index in [0.717, 1.165) is 19.3 Å². The van der Waals surface area contributed by atoms with Crippen molar-refractivity contribution < 1.29 is 24.2 Å². The minimum absolute atomic E-state index is 0.0400. The van der Waals surface area contributed by atoms with E-state index in [1.807, 2.05) is 0 Å². The van der Waals surface area contributed by atoms with Crippen LogP contribution >= 0.6 is 0 Å². The Morgan fingerprint density at radius 3 is 2.38 bits per heavy atom. The molecular weight excluding hydrogens is 274 g/mol. The minimum atomic E-state index is -0.869. The molecule has 122 valence electrons. The molecule has 0 aliphatic heterocycles. The molecule has 1 aliphatic rings. The topological polar surface area (TPSA) is 84.9 Å². The van der Waals surface area contributed by atoms with Gasteiger partial charge in [-0.25, -0.2) is 4.79 Å². The SMILES string of the molecule is CC(C)(C)OC(=O)NCCC(=O)OCC1(O)CCCCC1. The van der Waals surface area contributed by atoms with Crippen LogP contribution in [0.4, 0.5) is 4.79 Å². The third-order valence-electron chi connectivity index (χ3n) is 3.28. The van der Waals surface area contributed by atoms with Crippen molar-refractivity contribution in [1.82, 2.24) is 5.32 Å². The fourth-order valence-corrected chi connectivity index (χ4v) is 2.22. The fraction of sp³-hybridized carbons (Fsp3) is 0.867. The zero-order valence-corrected chi connectivity index (χ0v) is 13.2. The van der Waals surface area contributed by atoms with Gasteiger partial charge in [-0.15, -0.1) is 0 Å². The second-order valence-corrected chi connectivity index (χ2v) is 6.62. The monoisotopic (exact) mass is 301 g/mol. The Morgan fingerprint density at radius 1 is 1.19 bits per heavy atom. The summed E-state index contributed by atoms with van der Waals surface area (Å²) >= 11 is 0. The first-order valence-electron chi connectivity index (χ1n) is 7.55. The highest BCUT2D eigenvalue weighted by molar-refractivity contribution is 5.72. The van der Waals surface area contributed by atoms with E-state index in [1.165, 1.54) is 0 Å². The fourth-order valence-electron chi connectivity index (χ4n) is 2.22. The molecule has 21 heavy (non-hydrogen) atoms. The average Bonchev–Trinajstić information content (AvgIpc) is 2.35. The molecule has 0 radical (unpaired) electrons. The van der Waals surface area contributed by atoms with Gasteiger partial charge in [-0.05, 0) is 33.6 Å². The third-order valence-corrected chi connectivity index (χ3v) is 3.28. The molecule has 2 N–H and O–H groups in total. The van der Waals surface area contributed by atoms with Crippen LogP contribution in [0, 0.1) is 0 Å². The highest BCUT2D eigenvalue weighted by Gasteiger charge is 2.30. The number of ether oxygens (including phenoxy) is 2. The van der Waals surface area contributed by atoms with Gasteiger partial charge in [0.05, 0.1) is 12.0 Å². The lowest BCUT2D eigenvalue weighted by molar-refractivity contribution is -0.153. The Bertz CT molecular complexity index is 356. The quantitative estimate of drug-likeness (QED) is 0.760. The largest absolute Gasteiger partial charge is 0.463 e. The molecule has 0 unspecified atom stereocenters. The van der Waals surface area contributed by atoms with Gasteiger partial charge in [0.15, 0.2) is 0 Å². The van der Waals surface area contributed by atoms with Crippen molar-refractivity contribution in [3.05, 3.63) is 0 Å². The van der Waals surface area contributed by atoms with Crippen LogP contribution in [0.1, 0.15) is 59.3 Å². The molecule has 1 saturated carbocycles. The number of amides is 1. The van der Waals surface area contributed by atoms with Gasteiger partial charge in [0.1, 0.15) is 12.2 Å². The Morgan fingerprint density at radius 2 is 1.81 bits per heavy atom. The van der Waals surface area contributed by atoms with Crippen LogP contribution in [0.25, 0.3) is 0 Å². The van der Waals surface area contributed by atoms with Gasteiger partial charge >= 0.3 is 12.1 Å². The van der Waals surface area contributed by atoms with Crippen molar-refractivity contribution in [2.45, 2.75) is 70.5 Å². The van der Waals surface area contributed by atoms with Gasteiger partial charge in [0.2, 0.25) is 0 Å². The Labute approximate surface area is 126 Å². The Kier molecular flexibility index (Phi) is 6.45. The average molecular weight is 301 g/mol. The number of carbonyl (C=O) groups is 2. The van der Waals surface area contributed by atoms with Crippen LogP contribution in [-0.4, -0.2) is 41.5 Å². The van der Waals surface area contributed by atoms with Crippen molar-refractivity contribution in [2.24, 2.45) is 0 Å². The first kappa shape index (κ1) is 17.8. The number of rotatable bonds is 5. The van der Waals surface area contributed by atoms with E-state index < -0.39 is 23.3 Å². The van der Waals surface area contributed by atoms with E-state index in [0.29, 0.717) is 12.8 Å². The lowest BCUT2D eigenvalue weighted by atomic mass is 9.86. The van der Waals surface area contributed by atoms with Crippen LogP contribution in [0.2, 0.25) is 0 Å². The van der Waals surface area contributed by atoms with Gasteiger partial charge in [-0.3, -0.25) is 4.79 Å². The lowest BCUT2D eigenvalue weighted by Gasteiger charge is -2.31. The first-order chi connectivity index (χ1) is 9.70. The predicted molar refractivity (Wildman–Crippen MR) is 77.8 cm³/mol. The van der Waals surface area contributed by atoms with Crippen LogP contribution < -0.4 is 5.32 Å². The zero-order chi connectivity index (χ0) is 15.9. The molecule has 0 saturated heterocycles. The van der Waals surface area contributed by atoms with Crippen molar-refractivity contribution in [1.29, 1.82) is 0 Å². The molecule has 0 aromatic rings. The summed E-state index contributed by atoms with van der Waals surface area (Å²) in [5.74, 6) is -0.426. The second kappa shape index (κ2) is 7.64. The van der Waals surface area contributed by atoms with Gasteiger partial charge in [0.25, 0.3) is 0 Å². The molecule has 0 spiro atoms. The molecular formula is C15H27NO5. The van der Waals surface area contributed by atoms with Crippen LogP contribution in [0.5, 0.6) is 0 Å². The summed E-state index contributed by atoms with van der Waals surface area (Å²) in [4.78, 5) is 22.9. The summed E-state index contributed by atoms with van der Waals surface area (Å²) in [5.41, 5.74) is -1.43. The molecule has 1 amide bonds. The summed E-state index contributed by atoms with van der Waals surface area (Å²) in [5, 5.41) is 12.7. The lowest BCUT2D eigenvalue weighted by Crippen LogP contribution is -2.38. The maximum atomic E-state index is 11.6. The highest BCUT2D eigenvalue weighted by atomic mass is 16.6. The number of hydrogen-bond donors (Lipinski definition) is 2. The molecule has 0 aromatic heterocycles. The van der Waals surface area contributed by atoms with E-state index in [4.69, 9.17) is 9.47 Å². The van der Waals surface area contributed by atoms with Gasteiger partial charge < -0.3 is 19.9 Å². The summed E-state index contributed by atoms with van der Waals surface area (Å²) in [6.45, 7) is 5.51. The van der Waals surface area contributed by atoms with Crippen LogP contribution in [0.15, 0.2) is 0 Å². The van der Waals surface area contributed by atoms with Crippen molar-refractivity contribution in [2.75, 3.05) is 13.2 Å². The number of alkyl carbamates (subject to hydrolysis) is 1. The first-order valence-corrected chi connectivity index (χ1v) is 7.55. The van der Waals surface area contributed by atoms with E-state index in [2.05, 4.69) is 5.32 Å². The van der Waals surface area contributed by atoms with Crippen LogP contribution in [-0.2, 0) is 14.3 Å². The predicted octanol–water partition coefficient (Wildman–Crippen LogP) is 2.14. The van der Waals surface area contributed by atoms with Gasteiger partial charge in [-0.1, -0.05) is 19.3 Å². The maximum absolute atomic E-state index is 11.6. The van der Waals surface area contributed by atoms with E-state index in [9.17, 15) is 14.7 Å². The van der Waals surface area contributed by atoms with Crippen molar-refractivity contribution in [3.63, 3.8) is 0 Å². The zero-order valence-electron chi connectivity index (χ0n) is 13.2. The summed E-state index contributed by atoms with van der Waals surface area (Å²) < 4.78 is 10.1. The Hall–Kier alpha value is -1.30. The summed E-state index contributed by atoms with van der Waals surface area (Å²) in [6.07, 6.45) is 3.92. The molecule has 1 rings (SSSR count). The molecule has 1 fully saturated rings. The number of carbonyl (C=O) groups excluding carboxylic acids is 2. The number of aliphatic hydroxyl groups is 1. The smallest absolute Gasteiger partial charge is 0.407 e. The molecule has 6 nitrogen and oxygen atoms in total. The minimum Gasteiger partial charge on any atom is -0.463 e. The molecule has 0 bridgehead atoms. The van der Waals surface area contributed by atoms with Crippen molar-refractivity contribution in [3.8, 4) is 0 Å². The third kappa shape index (κ3) is 7.90. The molecule has 6 heteroatoms. The molecule has 0 aromatic carbocycles. The van der Waals surface area contributed by atoms with E-state index in [-0.39, 0.29) is 19.6 Å². The van der Waals surface area contributed by atoms with E-state index in [1.54, 1.807) is 20.8 Å². The Balaban J connectivity index is 2.15. The molecule has 0 atom stereocenters. The maximum Gasteiger partial charge on any atom is 0.407 e. The summed E-state index contributed by atoms with van der Waals surface area (Å²) in [7, 11) is 0. The van der Waals surface area contributed by atoms with Crippen molar-refractivity contribution >= 4 is 12.1 Å². The second-order valence-electron chi connectivity index (χ2n) is 6.62. The number of hydrogen-bond acceptors (Lipinski definition) is 5. The standard InChI is InChI=1S/C15H27NO5/c1-14(2,3)21-13(18)16-10-7-12(17)20-11-15(19)8-5-4-6-9-15/h19H,4-11H2,1-3H3,(H,16,18). The molecule has 1 aliphatic carbocycles.